The number of amides is 2. The molecule has 0 radical (unpaired) electrons. The highest BCUT2D eigenvalue weighted by Crippen LogP contribution is 2.33. The molecule has 35 heavy (non-hydrogen) atoms. The van der Waals surface area contributed by atoms with Gasteiger partial charge in [-0.3, -0.25) is 24.5 Å². The minimum Gasteiger partial charge on any atom is -0.366 e. The molecule has 5 rings (SSSR count). The van der Waals surface area contributed by atoms with E-state index in [9.17, 15) is 9.59 Å². The fraction of sp³-hybridized carbons (Fsp3) is 0.679. The van der Waals surface area contributed by atoms with Crippen LogP contribution in [-0.2, 0) is 16.6 Å². The molecule has 190 valence electrons. The molecule has 2 aromatic rings. The predicted octanol–water partition coefficient (Wildman–Crippen LogP) is 4.35. The molecule has 3 heterocycles. The lowest BCUT2D eigenvalue weighted by Crippen LogP contribution is -2.52. The number of carbonyl (C=O) groups is 2. The first-order valence-electron chi connectivity index (χ1n) is 13.8. The molecule has 2 amide bonds. The van der Waals surface area contributed by atoms with Crippen molar-refractivity contribution in [3.8, 4) is 0 Å². The van der Waals surface area contributed by atoms with Gasteiger partial charge in [0.05, 0.1) is 17.1 Å². The van der Waals surface area contributed by atoms with E-state index in [1.807, 2.05) is 11.7 Å². The Morgan fingerprint density at radius 1 is 1.06 bits per heavy atom. The van der Waals surface area contributed by atoms with Gasteiger partial charge in [-0.1, -0.05) is 44.9 Å². The number of carbonyl (C=O) groups excluding carboxylic acids is 2. The molecule has 1 aliphatic carbocycles. The van der Waals surface area contributed by atoms with Crippen molar-refractivity contribution in [1.82, 2.24) is 20.0 Å². The first-order valence-corrected chi connectivity index (χ1v) is 13.8. The second-order valence-corrected chi connectivity index (χ2v) is 11.1. The molecule has 7 nitrogen and oxygen atoms in total. The number of hydrogen-bond donors (Lipinski definition) is 1. The molecular formula is C28H41N5O2. The third-order valence-electron chi connectivity index (χ3n) is 8.54. The predicted molar refractivity (Wildman–Crippen MR) is 140 cm³/mol. The molecule has 0 spiro atoms. The third kappa shape index (κ3) is 5.40. The lowest BCUT2D eigenvalue weighted by Gasteiger charge is -2.41. The fourth-order valence-corrected chi connectivity index (χ4v) is 6.53. The Kier molecular flexibility index (Phi) is 7.42. The summed E-state index contributed by atoms with van der Waals surface area (Å²) in [5, 5.41) is 8.18. The van der Waals surface area contributed by atoms with E-state index < -0.39 is 0 Å². The minimum atomic E-state index is -0.358. The van der Waals surface area contributed by atoms with E-state index in [4.69, 9.17) is 5.10 Å². The summed E-state index contributed by atoms with van der Waals surface area (Å²) < 4.78 is 1.88. The molecule has 2 aliphatic heterocycles. The maximum Gasteiger partial charge on any atom is 0.235 e. The molecule has 1 unspecified atom stereocenters. The van der Waals surface area contributed by atoms with Gasteiger partial charge in [0.25, 0.3) is 0 Å². The van der Waals surface area contributed by atoms with Gasteiger partial charge in [0, 0.05) is 50.2 Å². The number of unbranched alkanes of at least 4 members (excludes halogenated alkanes) is 1. The van der Waals surface area contributed by atoms with Crippen molar-refractivity contribution in [2.45, 2.75) is 83.1 Å². The fourth-order valence-electron chi connectivity index (χ4n) is 6.53. The average Bonchev–Trinajstić information content (AvgIpc) is 3.18. The highest BCUT2D eigenvalue weighted by atomic mass is 16.2. The van der Waals surface area contributed by atoms with Crippen LogP contribution < -0.4 is 10.2 Å². The molecule has 7 heteroatoms. The number of benzene rings is 1. The maximum atomic E-state index is 12.4. The Morgan fingerprint density at radius 2 is 1.89 bits per heavy atom. The molecule has 3 aliphatic rings. The summed E-state index contributed by atoms with van der Waals surface area (Å²) in [6, 6.07) is 6.97. The van der Waals surface area contributed by atoms with Crippen molar-refractivity contribution < 1.29 is 9.59 Å². The van der Waals surface area contributed by atoms with E-state index in [-0.39, 0.29) is 17.7 Å². The van der Waals surface area contributed by atoms with Gasteiger partial charge >= 0.3 is 0 Å². The number of anilines is 1. The number of imide groups is 1. The Labute approximate surface area is 209 Å². The van der Waals surface area contributed by atoms with Gasteiger partial charge in [-0.15, -0.1) is 0 Å². The SMILES string of the molecule is C[C@H]1CN(CCCCC2CCCCC2)CCN1c1ccc2c(C3CCC(=O)NC3=O)nn(C)c2c1. The number of aromatic nitrogens is 2. The second-order valence-electron chi connectivity index (χ2n) is 11.1. The summed E-state index contributed by atoms with van der Waals surface area (Å²) >= 11 is 0. The van der Waals surface area contributed by atoms with Crippen molar-refractivity contribution in [3.05, 3.63) is 23.9 Å². The van der Waals surface area contributed by atoms with Crippen molar-refractivity contribution in [1.29, 1.82) is 0 Å². The molecular weight excluding hydrogens is 438 g/mol. The van der Waals surface area contributed by atoms with E-state index in [0.29, 0.717) is 18.9 Å². The monoisotopic (exact) mass is 479 g/mol. The molecule has 0 bridgehead atoms. The standard InChI is InChI=1S/C28H41N5O2/c1-20-19-32(15-7-6-10-21-8-4-3-5-9-21)16-17-33(20)22-11-12-23-25(18-22)31(2)30-27(23)24-13-14-26(34)29-28(24)35/h11-12,18,20-21,24H,3-10,13-17,19H2,1-2H3,(H,29,34,35)/t20-,24?/m0/s1. The summed E-state index contributed by atoms with van der Waals surface area (Å²) in [6.45, 7) is 6.80. The van der Waals surface area contributed by atoms with Crippen LogP contribution in [0.1, 0.15) is 82.7 Å². The second kappa shape index (κ2) is 10.7. The van der Waals surface area contributed by atoms with Gasteiger partial charge < -0.3 is 4.90 Å². The summed E-state index contributed by atoms with van der Waals surface area (Å²) in [5.74, 6) is 0.222. The van der Waals surface area contributed by atoms with Crippen molar-refractivity contribution in [2.24, 2.45) is 13.0 Å². The van der Waals surface area contributed by atoms with E-state index in [0.717, 1.165) is 42.1 Å². The molecule has 1 saturated carbocycles. The molecule has 1 N–H and O–H groups in total. The van der Waals surface area contributed by atoms with Crippen LogP contribution in [-0.4, -0.2) is 58.7 Å². The van der Waals surface area contributed by atoms with Gasteiger partial charge in [0.15, 0.2) is 0 Å². The minimum absolute atomic E-state index is 0.189. The number of piperazine rings is 1. The van der Waals surface area contributed by atoms with Crippen LogP contribution in [0, 0.1) is 5.92 Å². The maximum absolute atomic E-state index is 12.4. The highest BCUT2D eigenvalue weighted by molar-refractivity contribution is 6.02. The van der Waals surface area contributed by atoms with Crippen LogP contribution in [0.2, 0.25) is 0 Å². The van der Waals surface area contributed by atoms with Crippen LogP contribution in [0.3, 0.4) is 0 Å². The van der Waals surface area contributed by atoms with E-state index in [2.05, 4.69) is 40.2 Å². The summed E-state index contributed by atoms with van der Waals surface area (Å²) in [7, 11) is 1.94. The average molecular weight is 480 g/mol. The Morgan fingerprint density at radius 3 is 2.66 bits per heavy atom. The van der Waals surface area contributed by atoms with Gasteiger partial charge in [-0.05, 0) is 50.4 Å². The van der Waals surface area contributed by atoms with Gasteiger partial charge in [-0.25, -0.2) is 0 Å². The summed E-state index contributed by atoms with van der Waals surface area (Å²) in [4.78, 5) is 29.1. The number of nitrogens with one attached hydrogen (secondary N) is 1. The molecule has 1 aromatic heterocycles. The normalized spacial score (nSPS) is 24.8. The Bertz CT molecular complexity index is 1060. The molecule has 2 atom stereocenters. The van der Waals surface area contributed by atoms with E-state index in [1.165, 1.54) is 63.6 Å². The van der Waals surface area contributed by atoms with Crippen LogP contribution in [0.4, 0.5) is 5.69 Å². The zero-order chi connectivity index (χ0) is 24.4. The van der Waals surface area contributed by atoms with Crippen LogP contribution >= 0.6 is 0 Å². The number of nitrogens with zero attached hydrogens (tertiary/aromatic N) is 4. The van der Waals surface area contributed by atoms with Gasteiger partial charge in [-0.2, -0.15) is 5.10 Å². The van der Waals surface area contributed by atoms with Crippen molar-refractivity contribution >= 4 is 28.4 Å². The Hall–Kier alpha value is -2.41. The first kappa shape index (κ1) is 24.3. The number of hydrogen-bond acceptors (Lipinski definition) is 5. The number of piperidine rings is 1. The number of aryl methyl sites for hydroxylation is 1. The van der Waals surface area contributed by atoms with Crippen molar-refractivity contribution in [2.75, 3.05) is 31.1 Å². The first-order chi connectivity index (χ1) is 17.0. The highest BCUT2D eigenvalue weighted by Gasteiger charge is 2.32. The van der Waals surface area contributed by atoms with Crippen LogP contribution in [0.15, 0.2) is 18.2 Å². The summed E-state index contributed by atoms with van der Waals surface area (Å²) in [6.07, 6.45) is 12.3. The number of rotatable bonds is 7. The largest absolute Gasteiger partial charge is 0.366 e. The molecule has 1 aromatic carbocycles. The Balaban J connectivity index is 1.19. The number of fused-ring (bicyclic) bond motifs is 1. The lowest BCUT2D eigenvalue weighted by atomic mass is 9.86. The van der Waals surface area contributed by atoms with Crippen molar-refractivity contribution in [3.63, 3.8) is 0 Å². The summed E-state index contributed by atoms with van der Waals surface area (Å²) in [5.41, 5.74) is 3.05. The van der Waals surface area contributed by atoms with Crippen LogP contribution in [0.25, 0.3) is 10.9 Å². The van der Waals surface area contributed by atoms with Gasteiger partial charge in [0.2, 0.25) is 11.8 Å². The van der Waals surface area contributed by atoms with E-state index in [1.54, 1.807) is 0 Å². The third-order valence-corrected chi connectivity index (χ3v) is 8.54. The van der Waals surface area contributed by atoms with Gasteiger partial charge in [0.1, 0.15) is 0 Å². The zero-order valence-electron chi connectivity index (χ0n) is 21.5. The molecule has 2 saturated heterocycles. The smallest absolute Gasteiger partial charge is 0.235 e. The van der Waals surface area contributed by atoms with Crippen LogP contribution in [0.5, 0.6) is 0 Å². The quantitative estimate of drug-likeness (QED) is 0.472. The zero-order valence-corrected chi connectivity index (χ0v) is 21.5. The van der Waals surface area contributed by atoms with E-state index >= 15 is 0 Å². The molecule has 3 fully saturated rings. The lowest BCUT2D eigenvalue weighted by molar-refractivity contribution is -0.134. The topological polar surface area (TPSA) is 70.5 Å².